The second kappa shape index (κ2) is 29.6. The molecule has 6 heteroatoms. The van der Waals surface area contributed by atoms with Crippen LogP contribution in [0.5, 0.6) is 0 Å². The third-order valence-electron chi connectivity index (χ3n) is 22.7. The minimum Gasteiger partial charge on any atom is -0.263 e. The Morgan fingerprint density at radius 2 is 0.431 bits per heavy atom. The molecule has 0 spiro atoms. The molecule has 0 aliphatic heterocycles. The van der Waals surface area contributed by atoms with E-state index in [2.05, 4.69) is 410 Å². The molecule has 4 heterocycles. The number of benzene rings is 18. The molecule has 0 fully saturated rings. The van der Waals surface area contributed by atoms with Gasteiger partial charge in [0.25, 0.3) is 0 Å². The molecule has 18 aromatic carbocycles. The van der Waals surface area contributed by atoms with Crippen LogP contribution >= 0.6 is 0 Å². The summed E-state index contributed by atoms with van der Waals surface area (Å²) in [5.74, 6) is 1.36. The molecule has 540 valence electrons. The zero-order chi connectivity index (χ0) is 76.8. The Morgan fingerprint density at radius 3 is 0.914 bits per heavy atom. The van der Waals surface area contributed by atoms with Crippen molar-refractivity contribution in [1.82, 2.24) is 29.9 Å². The standard InChI is InChI=1S/2C55H35N3/c1-2-12-39-29-41(28-23-36(39)11-1)40-15-9-18-45(30-40)55-57-53(38-26-24-37(25-27-38)52-35-56-34-46-14-4-6-20-48(46)52)33-54(58-55)44-17-10-16-42(31-44)51-32-43-13-3-5-19-47(43)49-21-7-8-22-50(49)51;1-2-10-43-31-44(30-19-36(43)9-1)37-17-24-40(25-18-37)53-33-54(41-26-20-39(21-27-41)52-35-56-34-46-12-4-6-14-48(46)52)58-55(57-53)42-28-22-38(23-29-42)51-32-45-11-3-5-13-47(45)49-15-7-8-16-50(49)51/h2*1-35H. The summed E-state index contributed by atoms with van der Waals surface area (Å²) < 4.78 is 0. The highest BCUT2D eigenvalue weighted by atomic mass is 14.9. The third-order valence-corrected chi connectivity index (χ3v) is 22.7. The minimum absolute atomic E-state index is 0.680. The number of hydrogen-bond donors (Lipinski definition) is 0. The van der Waals surface area contributed by atoms with Crippen LogP contribution in [-0.4, -0.2) is 29.9 Å². The molecule has 0 saturated carbocycles. The van der Waals surface area contributed by atoms with Crippen LogP contribution in [-0.2, 0) is 0 Å². The van der Waals surface area contributed by atoms with Crippen molar-refractivity contribution in [3.8, 4) is 135 Å². The summed E-state index contributed by atoms with van der Waals surface area (Å²) in [6.45, 7) is 0. The zero-order valence-corrected chi connectivity index (χ0v) is 63.1. The lowest BCUT2D eigenvalue weighted by atomic mass is 9.92. The Bertz CT molecular complexity index is 7550. The van der Waals surface area contributed by atoms with E-state index >= 15 is 0 Å². The fraction of sp³-hybridized carbons (Fsp3) is 0. The van der Waals surface area contributed by atoms with Gasteiger partial charge < -0.3 is 0 Å². The first-order chi connectivity index (χ1) is 57.4. The van der Waals surface area contributed by atoms with Crippen LogP contribution < -0.4 is 0 Å². The van der Waals surface area contributed by atoms with Gasteiger partial charge in [-0.2, -0.15) is 0 Å². The second-order valence-corrected chi connectivity index (χ2v) is 29.7. The fourth-order valence-corrected chi connectivity index (χ4v) is 16.7. The quantitative estimate of drug-likeness (QED) is 0.113. The predicted octanol–water partition coefficient (Wildman–Crippen LogP) is 29.0. The monoisotopic (exact) mass is 1470 g/mol. The highest BCUT2D eigenvalue weighted by Crippen LogP contribution is 2.42. The Morgan fingerprint density at radius 1 is 0.129 bits per heavy atom. The highest BCUT2D eigenvalue weighted by Gasteiger charge is 2.19. The van der Waals surface area contributed by atoms with Crippen LogP contribution in [0.1, 0.15) is 0 Å². The smallest absolute Gasteiger partial charge is 0.160 e. The van der Waals surface area contributed by atoms with E-state index in [1.165, 1.54) is 97.7 Å². The average Bonchev–Trinajstić information content (AvgIpc) is 0.763. The topological polar surface area (TPSA) is 77.3 Å². The van der Waals surface area contributed by atoms with Crippen molar-refractivity contribution < 1.29 is 0 Å². The maximum Gasteiger partial charge on any atom is 0.160 e. The first-order valence-electron chi connectivity index (χ1n) is 39.3. The molecule has 22 aromatic rings. The van der Waals surface area contributed by atoms with E-state index in [0.29, 0.717) is 11.6 Å². The van der Waals surface area contributed by atoms with Gasteiger partial charge in [-0.3, -0.25) is 9.97 Å². The van der Waals surface area contributed by atoms with Crippen LogP contribution in [0.4, 0.5) is 0 Å². The lowest BCUT2D eigenvalue weighted by Crippen LogP contribution is -1.96. The molecule has 4 aromatic heterocycles. The summed E-state index contributed by atoms with van der Waals surface area (Å²) in [7, 11) is 0. The fourth-order valence-electron chi connectivity index (χ4n) is 16.7. The maximum absolute atomic E-state index is 5.31. The van der Waals surface area contributed by atoms with E-state index in [1.54, 1.807) is 0 Å². The number of fused-ring (bicyclic) bond motifs is 10. The van der Waals surface area contributed by atoms with Crippen LogP contribution in [0.15, 0.2) is 425 Å². The van der Waals surface area contributed by atoms with E-state index in [0.717, 1.165) is 111 Å². The van der Waals surface area contributed by atoms with Gasteiger partial charge in [-0.15, -0.1) is 0 Å². The van der Waals surface area contributed by atoms with Gasteiger partial charge in [-0.05, 0) is 180 Å². The molecule has 0 unspecified atom stereocenters. The summed E-state index contributed by atoms with van der Waals surface area (Å²) in [5.41, 5.74) is 23.3. The highest BCUT2D eigenvalue weighted by molar-refractivity contribution is 6.15. The third kappa shape index (κ3) is 13.2. The molecular formula is C110H70N6. The van der Waals surface area contributed by atoms with Crippen LogP contribution in [0.25, 0.3) is 221 Å². The van der Waals surface area contributed by atoms with Crippen molar-refractivity contribution in [1.29, 1.82) is 0 Å². The molecule has 0 saturated heterocycles. The first kappa shape index (κ1) is 68.5. The normalized spacial score (nSPS) is 11.4. The van der Waals surface area contributed by atoms with Crippen LogP contribution in [0.2, 0.25) is 0 Å². The number of aromatic nitrogens is 6. The average molecular weight is 1480 g/mol. The zero-order valence-electron chi connectivity index (χ0n) is 63.1. The van der Waals surface area contributed by atoms with E-state index in [4.69, 9.17) is 19.9 Å². The molecule has 0 aliphatic carbocycles. The van der Waals surface area contributed by atoms with Crippen molar-refractivity contribution in [3.05, 3.63) is 425 Å². The van der Waals surface area contributed by atoms with Crippen molar-refractivity contribution >= 4 is 86.2 Å². The minimum atomic E-state index is 0.680. The predicted molar refractivity (Wildman–Crippen MR) is 485 cm³/mol. The summed E-state index contributed by atoms with van der Waals surface area (Å²) >= 11 is 0. The SMILES string of the molecule is c1cc(-c2ccc3ccccc3c2)cc(-c2nc(-c3ccc(-c4cncc5ccccc45)cc3)cc(-c3cccc(-c4cc5ccccc5c5ccccc45)c3)n2)c1.c1ccc2cc(-c3ccc(-c4cc(-c5ccc(-c6cncc7ccccc67)cc5)nc(-c5ccc(-c6cc7ccccc7c7ccccc67)cc5)n4)cc3)ccc2c1. The molecule has 0 radical (unpaired) electrons. The Hall–Kier alpha value is -15.5. The number of pyridine rings is 2. The van der Waals surface area contributed by atoms with Crippen molar-refractivity contribution in [3.63, 3.8) is 0 Å². The first-order valence-corrected chi connectivity index (χ1v) is 39.3. The van der Waals surface area contributed by atoms with Crippen molar-refractivity contribution in [2.75, 3.05) is 0 Å². The molecule has 116 heavy (non-hydrogen) atoms. The van der Waals surface area contributed by atoms with Gasteiger partial charge in [0.15, 0.2) is 11.6 Å². The van der Waals surface area contributed by atoms with Gasteiger partial charge in [0.05, 0.1) is 22.8 Å². The molecule has 0 aliphatic rings. The summed E-state index contributed by atoms with van der Waals surface area (Å²) in [6.07, 6.45) is 7.74. The lowest BCUT2D eigenvalue weighted by Gasteiger charge is -2.14. The molecule has 0 amide bonds. The summed E-state index contributed by atoms with van der Waals surface area (Å²) in [5, 5.41) is 19.5. The van der Waals surface area contributed by atoms with E-state index in [9.17, 15) is 0 Å². The van der Waals surface area contributed by atoms with Gasteiger partial charge in [0, 0.05) is 80.1 Å². The Labute approximate surface area is 671 Å². The van der Waals surface area contributed by atoms with Crippen molar-refractivity contribution in [2.24, 2.45) is 0 Å². The van der Waals surface area contributed by atoms with Crippen LogP contribution in [0, 0.1) is 0 Å². The van der Waals surface area contributed by atoms with E-state index in [1.807, 2.05) is 24.8 Å². The maximum atomic E-state index is 5.31. The van der Waals surface area contributed by atoms with E-state index < -0.39 is 0 Å². The number of hydrogen-bond acceptors (Lipinski definition) is 6. The molecular weight excluding hydrogens is 1410 g/mol. The van der Waals surface area contributed by atoms with Gasteiger partial charge in [-0.25, -0.2) is 19.9 Å². The number of nitrogens with zero attached hydrogens (tertiary/aromatic N) is 6. The Balaban J connectivity index is 0.000000145. The van der Waals surface area contributed by atoms with Gasteiger partial charge in [0.1, 0.15) is 0 Å². The van der Waals surface area contributed by atoms with Crippen molar-refractivity contribution in [2.45, 2.75) is 0 Å². The van der Waals surface area contributed by atoms with Gasteiger partial charge >= 0.3 is 0 Å². The Kier molecular flexibility index (Phi) is 17.5. The summed E-state index contributed by atoms with van der Waals surface area (Å²) in [6, 6.07) is 143. The molecule has 22 rings (SSSR count). The molecule has 0 N–H and O–H groups in total. The molecule has 0 bridgehead atoms. The number of rotatable bonds is 12. The lowest BCUT2D eigenvalue weighted by molar-refractivity contribution is 1.18. The second-order valence-electron chi connectivity index (χ2n) is 29.7. The molecule has 6 nitrogen and oxygen atoms in total. The van der Waals surface area contributed by atoms with E-state index in [-0.39, 0.29) is 0 Å². The van der Waals surface area contributed by atoms with Gasteiger partial charge in [-0.1, -0.05) is 352 Å². The molecule has 0 atom stereocenters. The van der Waals surface area contributed by atoms with Gasteiger partial charge in [0.2, 0.25) is 0 Å². The summed E-state index contributed by atoms with van der Waals surface area (Å²) in [4.78, 5) is 30.1. The largest absolute Gasteiger partial charge is 0.263 e. The van der Waals surface area contributed by atoms with Crippen LogP contribution in [0.3, 0.4) is 0 Å².